The van der Waals surface area contributed by atoms with Crippen LogP contribution in [0.15, 0.2) is 30.3 Å². The number of carbonyl (C=O) groups excluding carboxylic acids is 4. The van der Waals surface area contributed by atoms with E-state index in [4.69, 9.17) is 18.9 Å². The molecule has 0 aliphatic carbocycles. The van der Waals surface area contributed by atoms with Gasteiger partial charge in [0.2, 0.25) is 0 Å². The number of rotatable bonds is 4. The lowest BCUT2D eigenvalue weighted by Crippen LogP contribution is -2.22. The number of carbonyl (C=O) groups is 4. The molecule has 0 bridgehead atoms. The first-order chi connectivity index (χ1) is 14.1. The Morgan fingerprint density at radius 1 is 0.900 bits per heavy atom. The smallest absolute Gasteiger partial charge is 0.308 e. The van der Waals surface area contributed by atoms with Crippen LogP contribution in [0.5, 0.6) is 23.0 Å². The average Bonchev–Trinajstić information content (AvgIpc) is 2.61. The van der Waals surface area contributed by atoms with E-state index in [0.29, 0.717) is 16.9 Å². The van der Waals surface area contributed by atoms with Crippen molar-refractivity contribution >= 4 is 23.7 Å². The molecule has 0 radical (unpaired) electrons. The molecule has 3 rings (SSSR count). The van der Waals surface area contributed by atoms with Crippen LogP contribution < -0.4 is 18.9 Å². The van der Waals surface area contributed by atoms with E-state index >= 15 is 0 Å². The first kappa shape index (κ1) is 21.0. The van der Waals surface area contributed by atoms with Crippen LogP contribution in [0.4, 0.5) is 0 Å². The van der Waals surface area contributed by atoms with Gasteiger partial charge in [-0.05, 0) is 30.2 Å². The van der Waals surface area contributed by atoms with E-state index < -0.39 is 24.0 Å². The SMILES string of the molecule is CC(=O)Oc1cc(OC(C)=O)c2c(c1)OC(c1ccc(OC(C)=O)c(C)c1)CC2=O. The number of ether oxygens (including phenoxy) is 4. The maximum atomic E-state index is 12.9. The predicted molar refractivity (Wildman–Crippen MR) is 104 cm³/mol. The van der Waals surface area contributed by atoms with Crippen molar-refractivity contribution in [3.63, 3.8) is 0 Å². The maximum absolute atomic E-state index is 12.9. The number of hydrogen-bond acceptors (Lipinski definition) is 8. The molecule has 8 nitrogen and oxygen atoms in total. The summed E-state index contributed by atoms with van der Waals surface area (Å²) in [6, 6.07) is 7.82. The topological polar surface area (TPSA) is 105 Å². The zero-order chi connectivity index (χ0) is 22.0. The number of hydrogen-bond donors (Lipinski definition) is 0. The molecule has 8 heteroatoms. The summed E-state index contributed by atoms with van der Waals surface area (Å²) in [6.07, 6.45) is -0.603. The number of ketones is 1. The lowest BCUT2D eigenvalue weighted by molar-refractivity contribution is -0.133. The number of Topliss-reactive ketones (excluding diaryl/α,β-unsaturated/α-hetero) is 1. The van der Waals surface area contributed by atoms with Crippen LogP contribution in [0, 0.1) is 6.92 Å². The predicted octanol–water partition coefficient (Wildman–Crippen LogP) is 3.48. The van der Waals surface area contributed by atoms with Crippen molar-refractivity contribution in [2.24, 2.45) is 0 Å². The van der Waals surface area contributed by atoms with Crippen molar-refractivity contribution in [3.05, 3.63) is 47.0 Å². The standard InChI is InChI=1S/C22H20O8/c1-11-7-15(5-6-18(11)28-13(3)24)19-10-17(26)22-20(29-14(4)25)8-16(27-12(2)23)9-21(22)30-19/h5-9,19H,10H2,1-4H3. The van der Waals surface area contributed by atoms with Crippen molar-refractivity contribution in [3.8, 4) is 23.0 Å². The Morgan fingerprint density at radius 3 is 2.13 bits per heavy atom. The maximum Gasteiger partial charge on any atom is 0.308 e. The molecule has 0 N–H and O–H groups in total. The quantitative estimate of drug-likeness (QED) is 0.555. The number of esters is 3. The van der Waals surface area contributed by atoms with Crippen molar-refractivity contribution in [2.45, 2.75) is 40.2 Å². The summed E-state index contributed by atoms with van der Waals surface area (Å²) in [5, 5.41) is 0. The van der Waals surface area contributed by atoms with Gasteiger partial charge in [0, 0.05) is 32.9 Å². The van der Waals surface area contributed by atoms with Crippen LogP contribution in [-0.4, -0.2) is 23.7 Å². The minimum absolute atomic E-state index is 0.0144. The minimum Gasteiger partial charge on any atom is -0.484 e. The highest BCUT2D eigenvalue weighted by atomic mass is 16.6. The van der Waals surface area contributed by atoms with Gasteiger partial charge in [0.05, 0.1) is 6.42 Å². The summed E-state index contributed by atoms with van der Waals surface area (Å²) in [5.41, 5.74) is 1.53. The van der Waals surface area contributed by atoms with E-state index in [9.17, 15) is 19.2 Å². The third-order valence-electron chi connectivity index (χ3n) is 4.30. The molecule has 156 valence electrons. The van der Waals surface area contributed by atoms with Crippen molar-refractivity contribution in [1.29, 1.82) is 0 Å². The molecule has 1 aliphatic rings. The van der Waals surface area contributed by atoms with Crippen molar-refractivity contribution in [2.75, 3.05) is 0 Å². The van der Waals surface area contributed by atoms with Gasteiger partial charge >= 0.3 is 17.9 Å². The van der Waals surface area contributed by atoms with E-state index in [1.54, 1.807) is 25.1 Å². The molecule has 2 aromatic rings. The first-order valence-corrected chi connectivity index (χ1v) is 9.17. The van der Waals surface area contributed by atoms with E-state index in [1.165, 1.54) is 32.9 Å². The molecular weight excluding hydrogens is 392 g/mol. The van der Waals surface area contributed by atoms with Gasteiger partial charge in [0.15, 0.2) is 5.78 Å². The van der Waals surface area contributed by atoms with Gasteiger partial charge in [-0.25, -0.2) is 0 Å². The third kappa shape index (κ3) is 4.65. The monoisotopic (exact) mass is 412 g/mol. The van der Waals surface area contributed by atoms with Crippen LogP contribution in [0.1, 0.15) is 54.8 Å². The van der Waals surface area contributed by atoms with Crippen molar-refractivity contribution in [1.82, 2.24) is 0 Å². The second kappa shape index (κ2) is 8.36. The molecule has 0 spiro atoms. The van der Waals surface area contributed by atoms with E-state index in [1.807, 2.05) is 0 Å². The Labute approximate surface area is 172 Å². The van der Waals surface area contributed by atoms with Gasteiger partial charge < -0.3 is 18.9 Å². The van der Waals surface area contributed by atoms with E-state index in [0.717, 1.165) is 0 Å². The lowest BCUT2D eigenvalue weighted by Gasteiger charge is -2.27. The van der Waals surface area contributed by atoms with Crippen LogP contribution >= 0.6 is 0 Å². The molecule has 0 saturated carbocycles. The van der Waals surface area contributed by atoms with Gasteiger partial charge in [-0.15, -0.1) is 0 Å². The summed E-state index contributed by atoms with van der Waals surface area (Å²) >= 11 is 0. The average molecular weight is 412 g/mol. The molecule has 1 atom stereocenters. The molecule has 1 heterocycles. The summed E-state index contributed by atoms with van der Waals surface area (Å²) < 4.78 is 21.3. The van der Waals surface area contributed by atoms with Gasteiger partial charge in [0.25, 0.3) is 0 Å². The zero-order valence-electron chi connectivity index (χ0n) is 16.9. The highest BCUT2D eigenvalue weighted by molar-refractivity contribution is 6.03. The van der Waals surface area contributed by atoms with E-state index in [-0.39, 0.29) is 35.0 Å². The van der Waals surface area contributed by atoms with Gasteiger partial charge in [0.1, 0.15) is 34.7 Å². The molecule has 0 saturated heterocycles. The Hall–Kier alpha value is -3.68. The van der Waals surface area contributed by atoms with Crippen LogP contribution in [0.25, 0.3) is 0 Å². The van der Waals surface area contributed by atoms with Crippen LogP contribution in [0.3, 0.4) is 0 Å². The Morgan fingerprint density at radius 2 is 1.53 bits per heavy atom. The van der Waals surface area contributed by atoms with Gasteiger partial charge in [-0.2, -0.15) is 0 Å². The first-order valence-electron chi connectivity index (χ1n) is 9.17. The molecule has 0 amide bonds. The molecule has 0 fully saturated rings. The van der Waals surface area contributed by atoms with Crippen molar-refractivity contribution < 1.29 is 38.1 Å². The molecular formula is C22H20O8. The molecule has 30 heavy (non-hydrogen) atoms. The highest BCUT2D eigenvalue weighted by Gasteiger charge is 2.32. The van der Waals surface area contributed by atoms with Gasteiger partial charge in [-0.1, -0.05) is 6.07 Å². The number of benzene rings is 2. The largest absolute Gasteiger partial charge is 0.484 e. The Bertz CT molecular complexity index is 1050. The Kier molecular flexibility index (Phi) is 5.86. The zero-order valence-corrected chi connectivity index (χ0v) is 16.9. The number of fused-ring (bicyclic) bond motifs is 1. The summed E-state index contributed by atoms with van der Waals surface area (Å²) in [6.45, 7) is 5.52. The molecule has 1 unspecified atom stereocenters. The third-order valence-corrected chi connectivity index (χ3v) is 4.30. The fourth-order valence-corrected chi connectivity index (χ4v) is 3.19. The highest BCUT2D eigenvalue weighted by Crippen LogP contribution is 2.43. The fourth-order valence-electron chi connectivity index (χ4n) is 3.19. The normalized spacial score (nSPS) is 14.9. The second-order valence-corrected chi connectivity index (χ2v) is 6.83. The second-order valence-electron chi connectivity index (χ2n) is 6.83. The summed E-state index contributed by atoms with van der Waals surface area (Å²) in [4.78, 5) is 46.8. The van der Waals surface area contributed by atoms with Crippen LogP contribution in [0.2, 0.25) is 0 Å². The minimum atomic E-state index is -0.621. The Balaban J connectivity index is 1.98. The molecule has 2 aromatic carbocycles. The van der Waals surface area contributed by atoms with Gasteiger partial charge in [-0.3, -0.25) is 19.2 Å². The summed E-state index contributed by atoms with van der Waals surface area (Å²) in [7, 11) is 0. The molecule has 0 aromatic heterocycles. The number of aryl methyl sites for hydroxylation is 1. The van der Waals surface area contributed by atoms with Crippen LogP contribution in [-0.2, 0) is 14.4 Å². The lowest BCUT2D eigenvalue weighted by atomic mass is 9.94. The molecule has 1 aliphatic heterocycles. The summed E-state index contributed by atoms with van der Waals surface area (Å²) in [5.74, 6) is -1.28. The van der Waals surface area contributed by atoms with E-state index in [2.05, 4.69) is 0 Å². The fraction of sp³-hybridized carbons (Fsp3) is 0.273.